The molecule has 1 heterocycles. The van der Waals surface area contributed by atoms with Gasteiger partial charge in [-0.3, -0.25) is 9.52 Å². The van der Waals surface area contributed by atoms with Crippen molar-refractivity contribution in [1.82, 2.24) is 5.32 Å². The standard InChI is InChI=1S/C24H27N3O5S/c1-24(2,3)20-15-19(27-21(28)12-13-25-23(27)29)14-17(22(20)32-4)9-6-16-7-10-18(11-8-16)26-33(5,30)31/h7-8,10-11,14-15,26H,12-13H2,1-5H3,(H,25,29). The molecule has 9 heteroatoms. The van der Waals surface area contributed by atoms with Gasteiger partial charge in [-0.1, -0.05) is 32.6 Å². The van der Waals surface area contributed by atoms with E-state index in [0.29, 0.717) is 34.8 Å². The Balaban J connectivity index is 2.08. The van der Waals surface area contributed by atoms with Crippen molar-refractivity contribution in [1.29, 1.82) is 0 Å². The number of hydrogen-bond donors (Lipinski definition) is 2. The summed E-state index contributed by atoms with van der Waals surface area (Å²) in [5, 5.41) is 2.70. The number of carbonyl (C=O) groups excluding carboxylic acids is 2. The highest BCUT2D eigenvalue weighted by molar-refractivity contribution is 7.92. The average Bonchev–Trinajstić information content (AvgIpc) is 2.71. The maximum absolute atomic E-state index is 12.5. The zero-order chi connectivity index (χ0) is 24.4. The highest BCUT2D eigenvalue weighted by Gasteiger charge is 2.30. The summed E-state index contributed by atoms with van der Waals surface area (Å²) in [6, 6.07) is 9.63. The molecule has 1 saturated heterocycles. The molecule has 0 aliphatic carbocycles. The molecule has 0 spiro atoms. The molecule has 0 aromatic heterocycles. The van der Waals surface area contributed by atoms with Crippen LogP contribution in [0, 0.1) is 11.8 Å². The molecule has 1 aliphatic rings. The Labute approximate surface area is 194 Å². The summed E-state index contributed by atoms with van der Waals surface area (Å²) in [6.07, 6.45) is 1.30. The van der Waals surface area contributed by atoms with Crippen molar-refractivity contribution in [2.45, 2.75) is 32.6 Å². The third-order valence-electron chi connectivity index (χ3n) is 4.94. The second kappa shape index (κ2) is 9.16. The first-order valence-electron chi connectivity index (χ1n) is 10.3. The van der Waals surface area contributed by atoms with Gasteiger partial charge < -0.3 is 10.1 Å². The van der Waals surface area contributed by atoms with Crippen LogP contribution < -0.4 is 19.7 Å². The highest BCUT2D eigenvalue weighted by atomic mass is 32.2. The van der Waals surface area contributed by atoms with Crippen LogP contribution in [-0.2, 0) is 20.2 Å². The minimum atomic E-state index is -3.37. The van der Waals surface area contributed by atoms with Crippen LogP contribution in [0.4, 0.5) is 16.2 Å². The summed E-state index contributed by atoms with van der Waals surface area (Å²) >= 11 is 0. The van der Waals surface area contributed by atoms with E-state index in [-0.39, 0.29) is 17.7 Å². The Hall–Kier alpha value is -3.51. The lowest BCUT2D eigenvalue weighted by atomic mass is 9.84. The van der Waals surface area contributed by atoms with Crippen LogP contribution in [0.15, 0.2) is 36.4 Å². The van der Waals surface area contributed by atoms with Crippen LogP contribution in [0.1, 0.15) is 43.9 Å². The van der Waals surface area contributed by atoms with E-state index >= 15 is 0 Å². The molecule has 0 radical (unpaired) electrons. The molecule has 1 aliphatic heterocycles. The van der Waals surface area contributed by atoms with E-state index in [0.717, 1.165) is 16.7 Å². The molecule has 1 fully saturated rings. The van der Waals surface area contributed by atoms with Gasteiger partial charge in [0.2, 0.25) is 15.9 Å². The molecule has 0 saturated carbocycles. The number of carbonyl (C=O) groups is 2. The van der Waals surface area contributed by atoms with Crippen LogP contribution >= 0.6 is 0 Å². The number of nitrogens with one attached hydrogen (secondary N) is 2. The number of ether oxygens (including phenoxy) is 1. The van der Waals surface area contributed by atoms with Gasteiger partial charge in [-0.05, 0) is 41.8 Å². The van der Waals surface area contributed by atoms with E-state index < -0.39 is 16.1 Å². The maximum Gasteiger partial charge on any atom is 0.328 e. The van der Waals surface area contributed by atoms with Gasteiger partial charge in [0.25, 0.3) is 0 Å². The summed E-state index contributed by atoms with van der Waals surface area (Å²) in [5.41, 5.74) is 2.53. The lowest BCUT2D eigenvalue weighted by molar-refractivity contribution is -0.118. The average molecular weight is 470 g/mol. The van der Waals surface area contributed by atoms with Crippen molar-refractivity contribution in [2.75, 3.05) is 29.5 Å². The minimum absolute atomic E-state index is 0.220. The van der Waals surface area contributed by atoms with Crippen LogP contribution in [0.2, 0.25) is 0 Å². The number of hydrogen-bond acceptors (Lipinski definition) is 5. The van der Waals surface area contributed by atoms with Gasteiger partial charge in [-0.15, -0.1) is 0 Å². The van der Waals surface area contributed by atoms with Crippen molar-refractivity contribution < 1.29 is 22.7 Å². The molecule has 174 valence electrons. The number of amides is 3. The minimum Gasteiger partial charge on any atom is -0.495 e. The molecule has 3 amide bonds. The lowest BCUT2D eigenvalue weighted by Gasteiger charge is -2.29. The van der Waals surface area contributed by atoms with E-state index in [2.05, 4.69) is 21.9 Å². The number of benzene rings is 2. The Morgan fingerprint density at radius 2 is 1.76 bits per heavy atom. The molecule has 2 N–H and O–H groups in total. The summed E-state index contributed by atoms with van der Waals surface area (Å²) in [5.74, 6) is 6.42. The predicted octanol–water partition coefficient (Wildman–Crippen LogP) is 3.21. The number of urea groups is 1. The molecule has 2 aromatic carbocycles. The molecule has 3 rings (SSSR count). The monoisotopic (exact) mass is 469 g/mol. The second-order valence-electron chi connectivity index (χ2n) is 8.74. The zero-order valence-electron chi connectivity index (χ0n) is 19.3. The van der Waals surface area contributed by atoms with E-state index in [1.165, 1.54) is 0 Å². The van der Waals surface area contributed by atoms with Crippen molar-refractivity contribution >= 4 is 33.3 Å². The SMILES string of the molecule is COc1c(C#Cc2ccc(NS(C)(=O)=O)cc2)cc(N2C(=O)CCNC2=O)cc1C(C)(C)C. The van der Waals surface area contributed by atoms with Gasteiger partial charge in [-0.25, -0.2) is 18.1 Å². The fraction of sp³-hybridized carbons (Fsp3) is 0.333. The normalized spacial score (nSPS) is 14.3. The van der Waals surface area contributed by atoms with E-state index in [9.17, 15) is 18.0 Å². The molecule has 2 aromatic rings. The molecule has 0 unspecified atom stereocenters. The number of anilines is 2. The summed E-state index contributed by atoms with van der Waals surface area (Å²) in [7, 11) is -1.81. The molecular formula is C24H27N3O5S. The lowest BCUT2D eigenvalue weighted by Crippen LogP contribution is -2.50. The summed E-state index contributed by atoms with van der Waals surface area (Å²) in [6.45, 7) is 6.35. The number of imide groups is 1. The van der Waals surface area contributed by atoms with Gasteiger partial charge in [0.05, 0.1) is 24.6 Å². The van der Waals surface area contributed by atoms with Gasteiger partial charge in [0.1, 0.15) is 5.75 Å². The molecular weight excluding hydrogens is 442 g/mol. The smallest absolute Gasteiger partial charge is 0.328 e. The van der Waals surface area contributed by atoms with Gasteiger partial charge in [-0.2, -0.15) is 0 Å². The van der Waals surface area contributed by atoms with Crippen LogP contribution in [0.25, 0.3) is 0 Å². The van der Waals surface area contributed by atoms with E-state index in [1.54, 1.807) is 43.5 Å². The van der Waals surface area contributed by atoms with Crippen LogP contribution in [-0.4, -0.2) is 40.3 Å². The molecule has 0 bridgehead atoms. The van der Waals surface area contributed by atoms with Crippen molar-refractivity contribution in [3.05, 3.63) is 53.1 Å². The number of sulfonamides is 1. The van der Waals surface area contributed by atoms with Gasteiger partial charge in [0, 0.05) is 29.8 Å². The van der Waals surface area contributed by atoms with Gasteiger partial charge >= 0.3 is 6.03 Å². The van der Waals surface area contributed by atoms with E-state index in [1.807, 2.05) is 20.8 Å². The fourth-order valence-electron chi connectivity index (χ4n) is 3.43. The third-order valence-corrected chi connectivity index (χ3v) is 5.55. The topological polar surface area (TPSA) is 105 Å². The Morgan fingerprint density at radius 3 is 2.30 bits per heavy atom. The van der Waals surface area contributed by atoms with Gasteiger partial charge in [0.15, 0.2) is 0 Å². The second-order valence-corrected chi connectivity index (χ2v) is 10.5. The maximum atomic E-state index is 12.5. The number of methoxy groups -OCH3 is 1. The van der Waals surface area contributed by atoms with Crippen LogP contribution in [0.3, 0.4) is 0 Å². The first-order chi connectivity index (χ1) is 15.4. The first-order valence-corrected chi connectivity index (χ1v) is 12.2. The fourth-order valence-corrected chi connectivity index (χ4v) is 3.99. The summed E-state index contributed by atoms with van der Waals surface area (Å²) in [4.78, 5) is 26.0. The molecule has 0 atom stereocenters. The third kappa shape index (κ3) is 5.84. The largest absolute Gasteiger partial charge is 0.495 e. The Bertz CT molecular complexity index is 1230. The summed E-state index contributed by atoms with van der Waals surface area (Å²) < 4.78 is 30.8. The quantitative estimate of drug-likeness (QED) is 0.669. The Kier molecular flexibility index (Phi) is 6.70. The van der Waals surface area contributed by atoms with Crippen molar-refractivity contribution in [3.8, 4) is 17.6 Å². The molecule has 33 heavy (non-hydrogen) atoms. The first kappa shape index (κ1) is 24.1. The zero-order valence-corrected chi connectivity index (χ0v) is 20.1. The van der Waals surface area contributed by atoms with Crippen LogP contribution in [0.5, 0.6) is 5.75 Å². The molecule has 8 nitrogen and oxygen atoms in total. The van der Waals surface area contributed by atoms with Crippen molar-refractivity contribution in [3.63, 3.8) is 0 Å². The Morgan fingerprint density at radius 1 is 1.09 bits per heavy atom. The number of rotatable bonds is 4. The van der Waals surface area contributed by atoms with E-state index in [4.69, 9.17) is 4.74 Å². The predicted molar refractivity (Wildman–Crippen MR) is 128 cm³/mol. The van der Waals surface area contributed by atoms with Crippen molar-refractivity contribution in [2.24, 2.45) is 0 Å². The highest BCUT2D eigenvalue weighted by Crippen LogP contribution is 2.38. The number of nitrogens with zero attached hydrogens (tertiary/aromatic N) is 1.